The van der Waals surface area contributed by atoms with Crippen molar-refractivity contribution in [1.82, 2.24) is 5.06 Å². The van der Waals surface area contributed by atoms with E-state index in [4.69, 9.17) is 4.84 Å². The van der Waals surface area contributed by atoms with Crippen molar-refractivity contribution in [3.63, 3.8) is 0 Å². The van der Waals surface area contributed by atoms with Crippen LogP contribution >= 0.6 is 11.8 Å². The van der Waals surface area contributed by atoms with E-state index in [1.807, 2.05) is 0 Å². The van der Waals surface area contributed by atoms with Crippen LogP contribution in [0.2, 0.25) is 0 Å². The van der Waals surface area contributed by atoms with E-state index in [0.29, 0.717) is 10.6 Å². The molecule has 2 aromatic carbocycles. The van der Waals surface area contributed by atoms with Gasteiger partial charge in [0.05, 0.1) is 11.1 Å². The molecule has 126 valence electrons. The lowest BCUT2D eigenvalue weighted by Crippen LogP contribution is -2.34. The number of rotatable bonds is 4. The summed E-state index contributed by atoms with van der Waals surface area (Å²) >= 11 is 0.768. The molecule has 0 fully saturated rings. The number of thioether (sulfide) groups is 1. The summed E-state index contributed by atoms with van der Waals surface area (Å²) in [4.78, 5) is 53.6. The number of benzene rings is 2. The molecular weight excluding hydrogens is 342 g/mol. The monoisotopic (exact) mass is 355 g/mol. The molecule has 1 unspecified atom stereocenters. The molecule has 0 spiro atoms. The van der Waals surface area contributed by atoms with E-state index in [9.17, 15) is 19.2 Å². The fourth-order valence-electron chi connectivity index (χ4n) is 2.43. The Labute approximate surface area is 147 Å². The highest BCUT2D eigenvalue weighted by Crippen LogP contribution is 2.32. The average Bonchev–Trinajstić information content (AvgIpc) is 2.85. The van der Waals surface area contributed by atoms with Gasteiger partial charge in [0, 0.05) is 6.92 Å². The van der Waals surface area contributed by atoms with Gasteiger partial charge in [0.25, 0.3) is 11.8 Å². The molecule has 0 aliphatic carbocycles. The van der Waals surface area contributed by atoms with Crippen molar-refractivity contribution >= 4 is 34.7 Å². The number of fused-ring (bicyclic) bond motifs is 1. The number of imide groups is 1. The quantitative estimate of drug-likeness (QED) is 0.785. The molecule has 1 aliphatic rings. The van der Waals surface area contributed by atoms with E-state index in [0.717, 1.165) is 11.8 Å². The van der Waals surface area contributed by atoms with E-state index < -0.39 is 23.0 Å². The average molecular weight is 355 g/mol. The van der Waals surface area contributed by atoms with E-state index in [1.165, 1.54) is 19.1 Å². The minimum atomic E-state index is -0.969. The summed E-state index contributed by atoms with van der Waals surface area (Å²) in [6.45, 7) is 1.33. The molecule has 6 nitrogen and oxygen atoms in total. The summed E-state index contributed by atoms with van der Waals surface area (Å²) in [6.07, 6.45) is 0. The second-order valence-corrected chi connectivity index (χ2v) is 6.54. The van der Waals surface area contributed by atoms with Crippen LogP contribution in [0.4, 0.5) is 0 Å². The van der Waals surface area contributed by atoms with Crippen LogP contribution in [0.15, 0.2) is 54.6 Å². The molecule has 0 radical (unpaired) electrons. The molecule has 1 atom stereocenters. The normalized spacial score (nSPS) is 14.2. The summed E-state index contributed by atoms with van der Waals surface area (Å²) in [5.74, 6) is -2.26. The van der Waals surface area contributed by atoms with Gasteiger partial charge in [-0.1, -0.05) is 59.3 Å². The summed E-state index contributed by atoms with van der Waals surface area (Å²) in [7, 11) is 0. The van der Waals surface area contributed by atoms with Crippen molar-refractivity contribution in [2.45, 2.75) is 12.2 Å². The lowest BCUT2D eigenvalue weighted by Gasteiger charge is -2.18. The highest BCUT2D eigenvalue weighted by molar-refractivity contribution is 8.14. The Bertz CT molecular complexity index is 830. The van der Waals surface area contributed by atoms with Crippen LogP contribution in [-0.2, 0) is 14.4 Å². The first-order valence-corrected chi connectivity index (χ1v) is 8.29. The molecule has 0 saturated carbocycles. The van der Waals surface area contributed by atoms with E-state index in [-0.39, 0.29) is 16.2 Å². The summed E-state index contributed by atoms with van der Waals surface area (Å²) in [6, 6.07) is 14.8. The number of hydrogen-bond acceptors (Lipinski definition) is 6. The van der Waals surface area contributed by atoms with Crippen molar-refractivity contribution < 1.29 is 24.0 Å². The molecule has 0 saturated heterocycles. The van der Waals surface area contributed by atoms with Gasteiger partial charge in [0.2, 0.25) is 0 Å². The van der Waals surface area contributed by atoms with Crippen molar-refractivity contribution in [2.75, 3.05) is 0 Å². The topological polar surface area (TPSA) is 80.8 Å². The third kappa shape index (κ3) is 3.32. The fourth-order valence-corrected chi connectivity index (χ4v) is 3.20. The molecule has 1 aliphatic heterocycles. The maximum Gasteiger partial charge on any atom is 0.350 e. The number of carbonyl (C=O) groups is 4. The molecular formula is C18H13NO5S. The Hall–Kier alpha value is -2.93. The maximum atomic E-state index is 12.5. The van der Waals surface area contributed by atoms with Crippen molar-refractivity contribution in [3.05, 3.63) is 71.3 Å². The molecule has 7 heteroatoms. The molecule has 2 amide bonds. The number of nitrogens with zero attached hydrogens (tertiary/aromatic N) is 1. The third-order valence-electron chi connectivity index (χ3n) is 3.54. The van der Waals surface area contributed by atoms with Gasteiger partial charge in [-0.2, -0.15) is 0 Å². The summed E-state index contributed by atoms with van der Waals surface area (Å²) in [5.41, 5.74) is 0.899. The molecule has 1 heterocycles. The second-order valence-electron chi connectivity index (χ2n) is 5.26. The molecule has 25 heavy (non-hydrogen) atoms. The minimum absolute atomic E-state index is 0.177. The minimum Gasteiger partial charge on any atom is -0.328 e. The van der Waals surface area contributed by atoms with Gasteiger partial charge in [-0.3, -0.25) is 14.4 Å². The second kappa shape index (κ2) is 6.90. The SMILES string of the molecule is CC(=O)SC(C(=O)ON1C(=O)c2ccccc2C1=O)c1ccccc1. The van der Waals surface area contributed by atoms with Gasteiger partial charge in [-0.25, -0.2) is 4.79 Å². The number of carbonyl (C=O) groups excluding carboxylic acids is 4. The molecule has 0 N–H and O–H groups in total. The van der Waals surface area contributed by atoms with E-state index in [2.05, 4.69) is 0 Å². The number of amides is 2. The lowest BCUT2D eigenvalue weighted by molar-refractivity contribution is -0.168. The fraction of sp³-hybridized carbons (Fsp3) is 0.111. The summed E-state index contributed by atoms with van der Waals surface area (Å²) < 4.78 is 0. The smallest absolute Gasteiger partial charge is 0.328 e. The standard InChI is InChI=1S/C18H13NO5S/c1-11(20)25-15(12-7-3-2-4-8-12)18(23)24-19-16(21)13-9-5-6-10-14(13)17(19)22/h2-10,15H,1H3. The Kier molecular flexibility index (Phi) is 4.67. The van der Waals surface area contributed by atoms with E-state index in [1.54, 1.807) is 42.5 Å². The van der Waals surface area contributed by atoms with Crippen LogP contribution in [-0.4, -0.2) is 28.0 Å². The van der Waals surface area contributed by atoms with Crippen molar-refractivity contribution in [2.24, 2.45) is 0 Å². The zero-order valence-corrected chi connectivity index (χ0v) is 14.0. The van der Waals surface area contributed by atoms with Crippen molar-refractivity contribution in [1.29, 1.82) is 0 Å². The van der Waals surface area contributed by atoms with Crippen LogP contribution in [0.3, 0.4) is 0 Å². The molecule has 0 aromatic heterocycles. The van der Waals surface area contributed by atoms with Crippen molar-refractivity contribution in [3.8, 4) is 0 Å². The Balaban J connectivity index is 1.84. The highest BCUT2D eigenvalue weighted by Gasteiger charge is 2.40. The van der Waals surface area contributed by atoms with Crippen LogP contribution in [0.25, 0.3) is 0 Å². The zero-order chi connectivity index (χ0) is 18.0. The highest BCUT2D eigenvalue weighted by atomic mass is 32.2. The predicted octanol–water partition coefficient (Wildman–Crippen LogP) is 2.76. The Morgan fingerprint density at radius 3 is 1.96 bits per heavy atom. The van der Waals surface area contributed by atoms with Gasteiger partial charge in [0.1, 0.15) is 5.25 Å². The predicted molar refractivity (Wildman–Crippen MR) is 90.5 cm³/mol. The van der Waals surface area contributed by atoms with Gasteiger partial charge in [-0.05, 0) is 17.7 Å². The van der Waals surface area contributed by atoms with Crippen LogP contribution in [0, 0.1) is 0 Å². The largest absolute Gasteiger partial charge is 0.350 e. The van der Waals surface area contributed by atoms with Crippen LogP contribution in [0.1, 0.15) is 38.5 Å². The van der Waals surface area contributed by atoms with Gasteiger partial charge < -0.3 is 4.84 Å². The Morgan fingerprint density at radius 2 is 1.44 bits per heavy atom. The van der Waals surface area contributed by atoms with Gasteiger partial charge >= 0.3 is 5.97 Å². The zero-order valence-electron chi connectivity index (χ0n) is 13.2. The molecule has 3 rings (SSSR count). The van der Waals surface area contributed by atoms with Gasteiger partial charge in [-0.15, -0.1) is 0 Å². The molecule has 0 bridgehead atoms. The Morgan fingerprint density at radius 1 is 0.920 bits per heavy atom. The summed E-state index contributed by atoms with van der Waals surface area (Å²) in [5, 5.41) is -0.805. The first-order valence-electron chi connectivity index (χ1n) is 7.41. The van der Waals surface area contributed by atoms with E-state index >= 15 is 0 Å². The molecule has 2 aromatic rings. The van der Waals surface area contributed by atoms with Gasteiger partial charge in [0.15, 0.2) is 5.12 Å². The van der Waals surface area contributed by atoms with Crippen LogP contribution < -0.4 is 0 Å². The first kappa shape index (κ1) is 16.9. The first-order chi connectivity index (χ1) is 12.0. The maximum absolute atomic E-state index is 12.5. The van der Waals surface area contributed by atoms with Crippen LogP contribution in [0.5, 0.6) is 0 Å². The lowest BCUT2D eigenvalue weighted by atomic mass is 10.1. The number of hydrogen-bond donors (Lipinski definition) is 0. The third-order valence-corrected chi connectivity index (χ3v) is 4.57. The number of hydroxylamine groups is 2.